The van der Waals surface area contributed by atoms with Crippen molar-refractivity contribution in [2.24, 2.45) is 0 Å². The number of halogens is 4. The Morgan fingerprint density at radius 1 is 1.28 bits per heavy atom. The maximum atomic E-state index is 12.8. The normalized spacial score (nSPS) is 21.4. The van der Waals surface area contributed by atoms with Crippen LogP contribution in [0.5, 0.6) is 0 Å². The van der Waals surface area contributed by atoms with Crippen LogP contribution >= 0.6 is 12.4 Å². The predicted octanol–water partition coefficient (Wildman–Crippen LogP) is 3.13. The summed E-state index contributed by atoms with van der Waals surface area (Å²) in [6.45, 7) is 1.71. The topological polar surface area (TPSA) is 12.5 Å². The molecule has 18 heavy (non-hydrogen) atoms. The zero-order valence-electron chi connectivity index (χ0n) is 9.91. The van der Waals surface area contributed by atoms with Gasteiger partial charge in [-0.05, 0) is 18.7 Å². The Kier molecular flexibility index (Phi) is 5.01. The van der Waals surface area contributed by atoms with Gasteiger partial charge in [0.2, 0.25) is 0 Å². The molecule has 0 aliphatic carbocycles. The van der Waals surface area contributed by atoms with Gasteiger partial charge in [-0.15, -0.1) is 12.4 Å². The maximum absolute atomic E-state index is 12.8. The molecule has 0 bridgehead atoms. The molecule has 102 valence electrons. The lowest BCUT2D eigenvalue weighted by molar-refractivity contribution is -0.140. The molecule has 1 aromatic rings. The molecule has 1 atom stereocenters. The van der Waals surface area contributed by atoms with Gasteiger partial charge < -0.3 is 9.64 Å². The van der Waals surface area contributed by atoms with E-state index >= 15 is 0 Å². The van der Waals surface area contributed by atoms with Gasteiger partial charge in [0.05, 0.1) is 18.3 Å². The summed E-state index contributed by atoms with van der Waals surface area (Å²) in [4.78, 5) is 1.97. The summed E-state index contributed by atoms with van der Waals surface area (Å²) in [5.74, 6) is 0. The Hall–Kier alpha value is -0.780. The highest BCUT2D eigenvalue weighted by Crippen LogP contribution is 2.36. The van der Waals surface area contributed by atoms with Crippen molar-refractivity contribution in [3.63, 3.8) is 0 Å². The summed E-state index contributed by atoms with van der Waals surface area (Å²) in [6, 6.07) is 5.61. The third-order valence-electron chi connectivity index (χ3n) is 2.88. The molecule has 1 aromatic carbocycles. The standard InChI is InChI=1S/C12H14F3NO.ClH/c1-16-6-7-17-11(8-16)9-4-2-3-5-10(9)12(13,14)15;/h2-5,11H,6-8H2,1H3;1H. The lowest BCUT2D eigenvalue weighted by atomic mass is 10.0. The van der Waals surface area contributed by atoms with Crippen molar-refractivity contribution >= 4 is 12.4 Å². The lowest BCUT2D eigenvalue weighted by Crippen LogP contribution is -2.36. The molecule has 1 heterocycles. The number of morpholine rings is 1. The summed E-state index contributed by atoms with van der Waals surface area (Å²) in [5.41, 5.74) is -0.369. The number of benzene rings is 1. The molecule has 1 aliphatic heterocycles. The number of alkyl halides is 3. The van der Waals surface area contributed by atoms with Crippen LogP contribution in [-0.2, 0) is 10.9 Å². The van der Waals surface area contributed by atoms with E-state index in [1.54, 1.807) is 6.07 Å². The molecule has 2 nitrogen and oxygen atoms in total. The van der Waals surface area contributed by atoms with Gasteiger partial charge >= 0.3 is 6.18 Å². The molecule has 2 rings (SSSR count). The molecule has 1 saturated heterocycles. The highest BCUT2D eigenvalue weighted by molar-refractivity contribution is 5.85. The quantitative estimate of drug-likeness (QED) is 0.784. The highest BCUT2D eigenvalue weighted by Gasteiger charge is 2.36. The van der Waals surface area contributed by atoms with Gasteiger partial charge in [0.15, 0.2) is 0 Å². The summed E-state index contributed by atoms with van der Waals surface area (Å²) in [7, 11) is 1.88. The van der Waals surface area contributed by atoms with Crippen LogP contribution in [0.15, 0.2) is 24.3 Å². The number of likely N-dealkylation sites (N-methyl/N-ethyl adjacent to an activating group) is 1. The first-order chi connectivity index (χ1) is 7.98. The Labute approximate surface area is 110 Å². The second-order valence-corrected chi connectivity index (χ2v) is 4.21. The van der Waals surface area contributed by atoms with Crippen molar-refractivity contribution in [2.45, 2.75) is 12.3 Å². The van der Waals surface area contributed by atoms with Crippen LogP contribution in [-0.4, -0.2) is 31.6 Å². The second-order valence-electron chi connectivity index (χ2n) is 4.21. The molecule has 0 amide bonds. The van der Waals surface area contributed by atoms with Crippen LogP contribution in [0.1, 0.15) is 17.2 Å². The third-order valence-corrected chi connectivity index (χ3v) is 2.88. The van der Waals surface area contributed by atoms with Gasteiger partial charge in [-0.25, -0.2) is 0 Å². The molecular formula is C12H15ClF3NO. The van der Waals surface area contributed by atoms with Gasteiger partial charge in [-0.2, -0.15) is 13.2 Å². The fraction of sp³-hybridized carbons (Fsp3) is 0.500. The summed E-state index contributed by atoms with van der Waals surface area (Å²) in [5, 5.41) is 0. The Morgan fingerprint density at radius 3 is 2.56 bits per heavy atom. The van der Waals surface area contributed by atoms with Crippen molar-refractivity contribution in [1.29, 1.82) is 0 Å². The minimum Gasteiger partial charge on any atom is -0.371 e. The van der Waals surface area contributed by atoms with E-state index in [0.29, 0.717) is 13.2 Å². The van der Waals surface area contributed by atoms with E-state index in [2.05, 4.69) is 0 Å². The molecule has 1 fully saturated rings. The molecule has 1 unspecified atom stereocenters. The van der Waals surface area contributed by atoms with E-state index in [-0.39, 0.29) is 18.0 Å². The van der Waals surface area contributed by atoms with Gasteiger partial charge in [0, 0.05) is 13.1 Å². The molecule has 0 saturated carbocycles. The van der Waals surface area contributed by atoms with Gasteiger partial charge in [-0.1, -0.05) is 18.2 Å². The van der Waals surface area contributed by atoms with Gasteiger partial charge in [0.1, 0.15) is 0 Å². The molecule has 6 heteroatoms. The van der Waals surface area contributed by atoms with Crippen molar-refractivity contribution in [3.8, 4) is 0 Å². The smallest absolute Gasteiger partial charge is 0.371 e. The number of hydrogen-bond donors (Lipinski definition) is 0. The Balaban J connectivity index is 0.00000162. The summed E-state index contributed by atoms with van der Waals surface area (Å²) < 4.78 is 43.9. The summed E-state index contributed by atoms with van der Waals surface area (Å²) >= 11 is 0. The van der Waals surface area contributed by atoms with Crippen molar-refractivity contribution in [2.75, 3.05) is 26.7 Å². The maximum Gasteiger partial charge on any atom is 0.416 e. The summed E-state index contributed by atoms with van der Waals surface area (Å²) in [6.07, 6.45) is -4.82. The average molecular weight is 282 g/mol. The van der Waals surface area contributed by atoms with E-state index in [1.807, 2.05) is 11.9 Å². The van der Waals surface area contributed by atoms with E-state index in [0.717, 1.165) is 12.6 Å². The zero-order chi connectivity index (χ0) is 12.5. The molecule has 0 radical (unpaired) electrons. The minimum atomic E-state index is -4.32. The number of nitrogens with zero attached hydrogens (tertiary/aromatic N) is 1. The first kappa shape index (κ1) is 15.3. The molecule has 0 N–H and O–H groups in total. The third kappa shape index (κ3) is 3.37. The van der Waals surface area contributed by atoms with Crippen LogP contribution < -0.4 is 0 Å². The Bertz CT molecular complexity index is 397. The van der Waals surface area contributed by atoms with Crippen LogP contribution in [0.3, 0.4) is 0 Å². The van der Waals surface area contributed by atoms with E-state index in [1.165, 1.54) is 12.1 Å². The molecular weight excluding hydrogens is 267 g/mol. The Morgan fingerprint density at radius 2 is 1.94 bits per heavy atom. The van der Waals surface area contributed by atoms with Gasteiger partial charge in [0.25, 0.3) is 0 Å². The van der Waals surface area contributed by atoms with Crippen LogP contribution in [0.25, 0.3) is 0 Å². The molecule has 0 aromatic heterocycles. The van der Waals surface area contributed by atoms with E-state index in [4.69, 9.17) is 4.74 Å². The fourth-order valence-corrected chi connectivity index (χ4v) is 2.00. The van der Waals surface area contributed by atoms with E-state index in [9.17, 15) is 13.2 Å². The second kappa shape index (κ2) is 5.91. The van der Waals surface area contributed by atoms with Crippen LogP contribution in [0, 0.1) is 0 Å². The minimum absolute atomic E-state index is 0. The van der Waals surface area contributed by atoms with Crippen LogP contribution in [0.4, 0.5) is 13.2 Å². The predicted molar refractivity (Wildman–Crippen MR) is 64.9 cm³/mol. The monoisotopic (exact) mass is 281 g/mol. The number of rotatable bonds is 1. The SMILES string of the molecule is CN1CCOC(c2ccccc2C(F)(F)F)C1.Cl. The first-order valence-electron chi connectivity index (χ1n) is 5.45. The zero-order valence-corrected chi connectivity index (χ0v) is 10.7. The van der Waals surface area contributed by atoms with Crippen molar-refractivity contribution in [3.05, 3.63) is 35.4 Å². The fourth-order valence-electron chi connectivity index (χ4n) is 2.00. The van der Waals surface area contributed by atoms with Crippen molar-refractivity contribution < 1.29 is 17.9 Å². The molecule has 1 aliphatic rings. The molecule has 0 spiro atoms. The van der Waals surface area contributed by atoms with Crippen molar-refractivity contribution in [1.82, 2.24) is 4.90 Å². The van der Waals surface area contributed by atoms with Gasteiger partial charge in [-0.3, -0.25) is 0 Å². The largest absolute Gasteiger partial charge is 0.416 e. The highest BCUT2D eigenvalue weighted by atomic mass is 35.5. The van der Waals surface area contributed by atoms with Crippen LogP contribution in [0.2, 0.25) is 0 Å². The van der Waals surface area contributed by atoms with E-state index < -0.39 is 17.8 Å². The number of hydrogen-bond acceptors (Lipinski definition) is 2. The first-order valence-corrected chi connectivity index (χ1v) is 5.45. The number of ether oxygens (including phenoxy) is 1. The average Bonchev–Trinajstić information content (AvgIpc) is 2.28. The lowest BCUT2D eigenvalue weighted by Gasteiger charge is -2.31.